The Kier molecular flexibility index (Phi) is 4.93. The number of alkyl halides is 3. The van der Waals surface area contributed by atoms with E-state index in [-0.39, 0.29) is 12.2 Å². The first-order valence-electron chi connectivity index (χ1n) is 4.72. The molecule has 0 aliphatic heterocycles. The van der Waals surface area contributed by atoms with Crippen LogP contribution in [0.2, 0.25) is 0 Å². The van der Waals surface area contributed by atoms with Gasteiger partial charge < -0.3 is 4.74 Å². The zero-order valence-electron chi connectivity index (χ0n) is 9.01. The predicted octanol–water partition coefficient (Wildman–Crippen LogP) is 2.62. The van der Waals surface area contributed by atoms with Crippen molar-refractivity contribution in [2.75, 3.05) is 13.7 Å². The van der Waals surface area contributed by atoms with Gasteiger partial charge in [-0.15, -0.1) is 0 Å². The second kappa shape index (κ2) is 5.81. The van der Waals surface area contributed by atoms with Crippen LogP contribution in [0, 0.1) is 0 Å². The van der Waals surface area contributed by atoms with Gasteiger partial charge in [0.05, 0.1) is 18.2 Å². The molecule has 1 rings (SSSR count). The number of hydrazine groups is 1. The van der Waals surface area contributed by atoms with Crippen LogP contribution >= 0.6 is 15.9 Å². The first-order valence-corrected chi connectivity index (χ1v) is 5.51. The standard InChI is InChI=1S/C10H12BrF3N2O/c1-17-5-9(16-15)7-3-2-6(11)4-8(7)10(12,13)14/h2-4,9,16H,5,15H2,1H3. The quantitative estimate of drug-likeness (QED) is 0.663. The average molecular weight is 313 g/mol. The summed E-state index contributed by atoms with van der Waals surface area (Å²) in [6.07, 6.45) is -4.43. The summed E-state index contributed by atoms with van der Waals surface area (Å²) < 4.78 is 43.7. The predicted molar refractivity (Wildman–Crippen MR) is 61.1 cm³/mol. The Morgan fingerprint density at radius 3 is 2.59 bits per heavy atom. The highest BCUT2D eigenvalue weighted by Gasteiger charge is 2.35. The molecule has 1 aromatic carbocycles. The van der Waals surface area contributed by atoms with Crippen LogP contribution in [-0.2, 0) is 10.9 Å². The highest BCUT2D eigenvalue weighted by Crippen LogP contribution is 2.36. The minimum Gasteiger partial charge on any atom is -0.383 e. The normalized spacial score (nSPS) is 13.8. The fourth-order valence-corrected chi connectivity index (χ4v) is 1.83. The van der Waals surface area contributed by atoms with E-state index in [9.17, 15) is 13.2 Å². The number of methoxy groups -OCH3 is 1. The molecule has 3 N–H and O–H groups in total. The summed E-state index contributed by atoms with van der Waals surface area (Å²) in [6.45, 7) is 0.0568. The lowest BCUT2D eigenvalue weighted by Crippen LogP contribution is -2.32. The Hall–Kier alpha value is -0.630. The van der Waals surface area contributed by atoms with E-state index in [2.05, 4.69) is 21.4 Å². The number of benzene rings is 1. The van der Waals surface area contributed by atoms with E-state index in [4.69, 9.17) is 10.6 Å². The second-order valence-corrected chi connectivity index (χ2v) is 4.32. The van der Waals surface area contributed by atoms with Crippen molar-refractivity contribution in [2.45, 2.75) is 12.2 Å². The molecule has 7 heteroatoms. The SMILES string of the molecule is COCC(NN)c1ccc(Br)cc1C(F)(F)F. The van der Waals surface area contributed by atoms with Gasteiger partial charge in [0.1, 0.15) is 0 Å². The molecule has 0 aromatic heterocycles. The van der Waals surface area contributed by atoms with E-state index in [1.807, 2.05) is 0 Å². The van der Waals surface area contributed by atoms with Crippen molar-refractivity contribution in [2.24, 2.45) is 5.84 Å². The van der Waals surface area contributed by atoms with Crippen molar-refractivity contribution in [3.8, 4) is 0 Å². The molecule has 0 fully saturated rings. The molecule has 0 spiro atoms. The fourth-order valence-electron chi connectivity index (χ4n) is 1.47. The maximum absolute atomic E-state index is 12.8. The van der Waals surface area contributed by atoms with E-state index in [1.165, 1.54) is 19.2 Å². The van der Waals surface area contributed by atoms with E-state index in [1.54, 1.807) is 0 Å². The lowest BCUT2D eigenvalue weighted by atomic mass is 10.0. The Balaban J connectivity index is 3.22. The minimum atomic E-state index is -4.43. The molecule has 0 amide bonds. The maximum Gasteiger partial charge on any atom is 0.416 e. The van der Waals surface area contributed by atoms with Crippen LogP contribution in [0.1, 0.15) is 17.2 Å². The third kappa shape index (κ3) is 3.67. The van der Waals surface area contributed by atoms with Crippen LogP contribution in [0.25, 0.3) is 0 Å². The van der Waals surface area contributed by atoms with Gasteiger partial charge in [0.25, 0.3) is 0 Å². The number of nitrogens with two attached hydrogens (primary N) is 1. The molecule has 1 atom stereocenters. The summed E-state index contributed by atoms with van der Waals surface area (Å²) in [4.78, 5) is 0. The molecule has 1 unspecified atom stereocenters. The van der Waals surface area contributed by atoms with Crippen molar-refractivity contribution in [3.05, 3.63) is 33.8 Å². The van der Waals surface area contributed by atoms with Crippen molar-refractivity contribution < 1.29 is 17.9 Å². The molecular weight excluding hydrogens is 301 g/mol. The number of hydrogen-bond donors (Lipinski definition) is 2. The third-order valence-corrected chi connectivity index (χ3v) is 2.72. The van der Waals surface area contributed by atoms with E-state index in [0.717, 1.165) is 6.07 Å². The van der Waals surface area contributed by atoms with Gasteiger partial charge in [-0.25, -0.2) is 0 Å². The second-order valence-electron chi connectivity index (χ2n) is 3.40. The molecule has 0 bridgehead atoms. The number of nitrogens with one attached hydrogen (secondary N) is 1. The zero-order valence-corrected chi connectivity index (χ0v) is 10.6. The van der Waals surface area contributed by atoms with Crippen LogP contribution in [0.15, 0.2) is 22.7 Å². The Bertz CT molecular complexity index is 384. The van der Waals surface area contributed by atoms with Crippen LogP contribution < -0.4 is 11.3 Å². The molecule has 0 saturated carbocycles. The molecule has 96 valence electrons. The minimum absolute atomic E-state index is 0.0568. The maximum atomic E-state index is 12.8. The smallest absolute Gasteiger partial charge is 0.383 e. The molecule has 0 radical (unpaired) electrons. The van der Waals surface area contributed by atoms with Gasteiger partial charge in [0.2, 0.25) is 0 Å². The first-order chi connectivity index (χ1) is 7.90. The summed E-state index contributed by atoms with van der Waals surface area (Å²) in [6, 6.07) is 3.22. The summed E-state index contributed by atoms with van der Waals surface area (Å²) in [7, 11) is 1.40. The Morgan fingerprint density at radius 2 is 2.12 bits per heavy atom. The lowest BCUT2D eigenvalue weighted by molar-refractivity contribution is -0.138. The third-order valence-electron chi connectivity index (χ3n) is 2.23. The van der Waals surface area contributed by atoms with E-state index in [0.29, 0.717) is 4.47 Å². The molecule has 0 saturated heterocycles. The zero-order chi connectivity index (χ0) is 13.1. The largest absolute Gasteiger partial charge is 0.416 e. The summed E-state index contributed by atoms with van der Waals surface area (Å²) >= 11 is 3.02. The molecule has 0 heterocycles. The summed E-state index contributed by atoms with van der Waals surface area (Å²) in [5.41, 5.74) is 1.64. The molecule has 0 aliphatic carbocycles. The Labute approximate surface area is 105 Å². The number of halogens is 4. The van der Waals surface area contributed by atoms with Crippen LogP contribution in [0.4, 0.5) is 13.2 Å². The van der Waals surface area contributed by atoms with Crippen molar-refractivity contribution in [1.29, 1.82) is 0 Å². The van der Waals surface area contributed by atoms with Gasteiger partial charge in [-0.1, -0.05) is 22.0 Å². The number of ether oxygens (including phenoxy) is 1. The van der Waals surface area contributed by atoms with Crippen molar-refractivity contribution in [1.82, 2.24) is 5.43 Å². The van der Waals surface area contributed by atoms with Gasteiger partial charge in [-0.05, 0) is 17.7 Å². The van der Waals surface area contributed by atoms with Gasteiger partial charge >= 0.3 is 6.18 Å². The highest BCUT2D eigenvalue weighted by molar-refractivity contribution is 9.10. The average Bonchev–Trinajstić information content (AvgIpc) is 2.25. The van der Waals surface area contributed by atoms with Gasteiger partial charge in [-0.3, -0.25) is 11.3 Å². The van der Waals surface area contributed by atoms with Crippen LogP contribution in [0.3, 0.4) is 0 Å². The topological polar surface area (TPSA) is 47.3 Å². The van der Waals surface area contributed by atoms with Crippen molar-refractivity contribution >= 4 is 15.9 Å². The van der Waals surface area contributed by atoms with Crippen LogP contribution in [0.5, 0.6) is 0 Å². The van der Waals surface area contributed by atoms with Crippen molar-refractivity contribution in [3.63, 3.8) is 0 Å². The van der Waals surface area contributed by atoms with Crippen LogP contribution in [-0.4, -0.2) is 13.7 Å². The van der Waals surface area contributed by atoms with Gasteiger partial charge in [0, 0.05) is 11.6 Å². The van der Waals surface area contributed by atoms with E-state index < -0.39 is 17.8 Å². The lowest BCUT2D eigenvalue weighted by Gasteiger charge is -2.20. The molecule has 1 aromatic rings. The first kappa shape index (κ1) is 14.4. The fraction of sp³-hybridized carbons (Fsp3) is 0.400. The monoisotopic (exact) mass is 312 g/mol. The highest BCUT2D eigenvalue weighted by atomic mass is 79.9. The van der Waals surface area contributed by atoms with E-state index >= 15 is 0 Å². The molecule has 0 aliphatic rings. The molecular formula is C10H12BrF3N2O. The van der Waals surface area contributed by atoms with Gasteiger partial charge in [-0.2, -0.15) is 13.2 Å². The molecule has 17 heavy (non-hydrogen) atoms. The Morgan fingerprint density at radius 1 is 1.47 bits per heavy atom. The summed E-state index contributed by atoms with van der Waals surface area (Å²) in [5, 5.41) is 0. The van der Waals surface area contributed by atoms with Gasteiger partial charge in [0.15, 0.2) is 0 Å². The number of hydrogen-bond acceptors (Lipinski definition) is 3. The molecule has 3 nitrogen and oxygen atoms in total. The number of rotatable bonds is 4. The summed E-state index contributed by atoms with van der Waals surface area (Å²) in [5.74, 6) is 5.23.